The molecule has 25 heavy (non-hydrogen) atoms. The van der Waals surface area contributed by atoms with Crippen LogP contribution in [0.4, 0.5) is 0 Å². The summed E-state index contributed by atoms with van der Waals surface area (Å²) in [6.07, 6.45) is 0.713. The summed E-state index contributed by atoms with van der Waals surface area (Å²) < 4.78 is 0. The van der Waals surface area contributed by atoms with Gasteiger partial charge >= 0.3 is 0 Å². The number of rotatable bonds is 7. The fourth-order valence-corrected chi connectivity index (χ4v) is 2.87. The third-order valence-electron chi connectivity index (χ3n) is 4.74. The van der Waals surface area contributed by atoms with Crippen molar-refractivity contribution >= 4 is 5.91 Å². The smallest absolute Gasteiger partial charge is 0.237 e. The fourth-order valence-electron chi connectivity index (χ4n) is 2.87. The van der Waals surface area contributed by atoms with Crippen molar-refractivity contribution in [2.75, 3.05) is 20.6 Å². The van der Waals surface area contributed by atoms with E-state index in [0.29, 0.717) is 13.0 Å². The number of hydrogen-bond donors (Lipinski definition) is 1. The molecule has 1 amide bonds. The molecular formula is C22H30N2O. The number of aryl methyl sites for hydroxylation is 1. The van der Waals surface area contributed by atoms with Crippen molar-refractivity contribution in [3.8, 4) is 0 Å². The zero-order chi connectivity index (χ0) is 18.4. The lowest BCUT2D eigenvalue weighted by Crippen LogP contribution is -2.48. The van der Waals surface area contributed by atoms with Crippen molar-refractivity contribution < 1.29 is 4.79 Å². The van der Waals surface area contributed by atoms with Gasteiger partial charge in [0, 0.05) is 12.0 Å². The minimum absolute atomic E-state index is 0.0783. The first-order valence-corrected chi connectivity index (χ1v) is 8.85. The number of carbonyl (C=O) groups is 1. The Balaban J connectivity index is 2.01. The van der Waals surface area contributed by atoms with Crippen LogP contribution in [0.3, 0.4) is 0 Å². The van der Waals surface area contributed by atoms with Gasteiger partial charge in [-0.15, -0.1) is 0 Å². The molecule has 2 aromatic carbocycles. The maximum Gasteiger partial charge on any atom is 0.237 e. The van der Waals surface area contributed by atoms with Crippen LogP contribution in [0.25, 0.3) is 0 Å². The second kappa shape index (κ2) is 8.30. The van der Waals surface area contributed by atoms with E-state index in [4.69, 9.17) is 0 Å². The molecule has 0 spiro atoms. The Morgan fingerprint density at radius 1 is 1.04 bits per heavy atom. The lowest BCUT2D eigenvalue weighted by molar-refractivity contribution is -0.125. The first kappa shape index (κ1) is 19.2. The van der Waals surface area contributed by atoms with E-state index in [0.717, 1.165) is 0 Å². The van der Waals surface area contributed by atoms with Gasteiger partial charge in [-0.05, 0) is 38.6 Å². The summed E-state index contributed by atoms with van der Waals surface area (Å²) in [5, 5.41) is 3.15. The molecule has 0 saturated carbocycles. The van der Waals surface area contributed by atoms with E-state index in [9.17, 15) is 4.79 Å². The van der Waals surface area contributed by atoms with Crippen LogP contribution in [0.2, 0.25) is 0 Å². The maximum absolute atomic E-state index is 12.8. The quantitative estimate of drug-likeness (QED) is 0.837. The number of benzene rings is 2. The van der Waals surface area contributed by atoms with Crippen LogP contribution in [0.15, 0.2) is 54.6 Å². The molecule has 0 bridgehead atoms. The molecule has 0 saturated heterocycles. The van der Waals surface area contributed by atoms with Crippen molar-refractivity contribution in [2.24, 2.45) is 0 Å². The monoisotopic (exact) mass is 338 g/mol. The normalized spacial score (nSPS) is 12.9. The molecule has 0 aliphatic rings. The molecule has 3 heteroatoms. The van der Waals surface area contributed by atoms with Gasteiger partial charge < -0.3 is 5.32 Å². The zero-order valence-electron chi connectivity index (χ0n) is 16.0. The van der Waals surface area contributed by atoms with E-state index < -0.39 is 0 Å². The van der Waals surface area contributed by atoms with Gasteiger partial charge in [-0.1, -0.05) is 74.0 Å². The Morgan fingerprint density at radius 3 is 2.20 bits per heavy atom. The molecular weight excluding hydrogens is 308 g/mol. The third kappa shape index (κ3) is 5.43. The van der Waals surface area contributed by atoms with Gasteiger partial charge in [-0.2, -0.15) is 0 Å². The molecule has 1 unspecified atom stereocenters. The SMILES string of the molecule is Cc1ccc(CC(C(=O)NCC(C)(C)c2ccccc2)N(C)C)cc1. The summed E-state index contributed by atoms with van der Waals surface area (Å²) in [7, 11) is 3.92. The molecule has 0 heterocycles. The number of amides is 1. The van der Waals surface area contributed by atoms with E-state index in [1.807, 2.05) is 37.2 Å². The average molecular weight is 338 g/mol. The highest BCUT2D eigenvalue weighted by Gasteiger charge is 2.25. The highest BCUT2D eigenvalue weighted by Crippen LogP contribution is 2.21. The van der Waals surface area contributed by atoms with E-state index >= 15 is 0 Å². The van der Waals surface area contributed by atoms with E-state index in [1.165, 1.54) is 16.7 Å². The first-order valence-electron chi connectivity index (χ1n) is 8.85. The van der Waals surface area contributed by atoms with Gasteiger partial charge in [0.25, 0.3) is 0 Å². The van der Waals surface area contributed by atoms with Gasteiger partial charge in [0.05, 0.1) is 6.04 Å². The predicted octanol–water partition coefficient (Wildman–Crippen LogP) is 3.56. The van der Waals surface area contributed by atoms with Gasteiger partial charge in [0.2, 0.25) is 5.91 Å². The summed E-state index contributed by atoms with van der Waals surface area (Å²) in [4.78, 5) is 14.8. The van der Waals surface area contributed by atoms with Crippen LogP contribution in [-0.2, 0) is 16.6 Å². The van der Waals surface area contributed by atoms with Gasteiger partial charge in [0.15, 0.2) is 0 Å². The molecule has 2 aromatic rings. The molecule has 0 aliphatic carbocycles. The van der Waals surface area contributed by atoms with Crippen molar-refractivity contribution in [1.29, 1.82) is 0 Å². The number of carbonyl (C=O) groups excluding carboxylic acids is 1. The summed E-state index contributed by atoms with van der Waals surface area (Å²) in [6.45, 7) is 7.01. The first-order chi connectivity index (χ1) is 11.8. The standard InChI is InChI=1S/C22H30N2O/c1-17-11-13-18(14-12-17)15-20(24(4)5)21(25)23-16-22(2,3)19-9-7-6-8-10-19/h6-14,20H,15-16H2,1-5H3,(H,23,25). The average Bonchev–Trinajstić information content (AvgIpc) is 2.60. The van der Waals surface area contributed by atoms with Crippen LogP contribution >= 0.6 is 0 Å². The second-order valence-corrected chi connectivity index (χ2v) is 7.64. The lowest BCUT2D eigenvalue weighted by atomic mass is 9.84. The van der Waals surface area contributed by atoms with Crippen molar-refractivity contribution in [3.63, 3.8) is 0 Å². The van der Waals surface area contributed by atoms with Crippen molar-refractivity contribution in [3.05, 3.63) is 71.3 Å². The summed E-state index contributed by atoms with van der Waals surface area (Å²) in [5.41, 5.74) is 3.55. The number of nitrogens with one attached hydrogen (secondary N) is 1. The molecule has 0 radical (unpaired) electrons. The fraction of sp³-hybridized carbons (Fsp3) is 0.409. The summed E-state index contributed by atoms with van der Waals surface area (Å²) >= 11 is 0. The van der Waals surface area contributed by atoms with Gasteiger partial charge in [-0.3, -0.25) is 9.69 Å². The van der Waals surface area contributed by atoms with Crippen LogP contribution in [-0.4, -0.2) is 37.5 Å². The zero-order valence-corrected chi connectivity index (χ0v) is 16.0. The predicted molar refractivity (Wildman–Crippen MR) is 105 cm³/mol. The molecule has 0 fully saturated rings. The topological polar surface area (TPSA) is 32.3 Å². The Morgan fingerprint density at radius 2 is 1.64 bits per heavy atom. The third-order valence-corrected chi connectivity index (χ3v) is 4.74. The van der Waals surface area contributed by atoms with E-state index in [2.05, 4.69) is 62.5 Å². The number of nitrogens with zero attached hydrogens (tertiary/aromatic N) is 1. The van der Waals surface area contributed by atoms with Gasteiger partial charge in [0.1, 0.15) is 0 Å². The van der Waals surface area contributed by atoms with E-state index in [1.54, 1.807) is 0 Å². The van der Waals surface area contributed by atoms with Crippen LogP contribution in [0, 0.1) is 6.92 Å². The van der Waals surface area contributed by atoms with Crippen LogP contribution in [0.5, 0.6) is 0 Å². The van der Waals surface area contributed by atoms with Gasteiger partial charge in [-0.25, -0.2) is 0 Å². The van der Waals surface area contributed by atoms with Crippen LogP contribution < -0.4 is 5.32 Å². The van der Waals surface area contributed by atoms with Crippen molar-refractivity contribution in [1.82, 2.24) is 10.2 Å². The highest BCUT2D eigenvalue weighted by atomic mass is 16.2. The Bertz CT molecular complexity index is 675. The highest BCUT2D eigenvalue weighted by molar-refractivity contribution is 5.82. The number of hydrogen-bond acceptors (Lipinski definition) is 2. The van der Waals surface area contributed by atoms with Crippen LogP contribution in [0.1, 0.15) is 30.5 Å². The maximum atomic E-state index is 12.8. The molecule has 1 N–H and O–H groups in total. The lowest BCUT2D eigenvalue weighted by Gasteiger charge is -2.29. The molecule has 1 atom stereocenters. The summed E-state index contributed by atoms with van der Waals surface area (Å²) in [5.74, 6) is 0.0783. The molecule has 2 rings (SSSR count). The molecule has 0 aromatic heterocycles. The largest absolute Gasteiger partial charge is 0.354 e. The minimum atomic E-state index is -0.172. The molecule has 0 aliphatic heterocycles. The van der Waals surface area contributed by atoms with E-state index in [-0.39, 0.29) is 17.4 Å². The molecule has 3 nitrogen and oxygen atoms in total. The molecule has 134 valence electrons. The second-order valence-electron chi connectivity index (χ2n) is 7.64. The van der Waals surface area contributed by atoms with Crippen molar-refractivity contribution in [2.45, 2.75) is 38.6 Å². The Kier molecular flexibility index (Phi) is 6.38. The Hall–Kier alpha value is -2.13. The number of likely N-dealkylation sites (N-methyl/N-ethyl adjacent to an activating group) is 1. The summed E-state index contributed by atoms with van der Waals surface area (Å²) in [6, 6.07) is 18.6. The minimum Gasteiger partial charge on any atom is -0.354 e. The Labute approximate surface area is 152 Å².